The van der Waals surface area contributed by atoms with Gasteiger partial charge in [-0.15, -0.1) is 0 Å². The minimum absolute atomic E-state index is 0.137. The number of benzene rings is 1. The highest BCUT2D eigenvalue weighted by Gasteiger charge is 2.29. The monoisotopic (exact) mass is 254 g/mol. The molecule has 1 aromatic rings. The van der Waals surface area contributed by atoms with Crippen LogP contribution in [-0.2, 0) is 4.79 Å². The Labute approximate surface area is 106 Å². The lowest BCUT2D eigenvalue weighted by Crippen LogP contribution is -2.50. The molecule has 0 aliphatic rings. The van der Waals surface area contributed by atoms with Gasteiger partial charge in [0.1, 0.15) is 0 Å². The summed E-state index contributed by atoms with van der Waals surface area (Å²) in [5.74, 6) is -0.694. The number of methoxy groups -OCH3 is 1. The zero-order valence-electron chi connectivity index (χ0n) is 10.9. The van der Waals surface area contributed by atoms with Crippen molar-refractivity contribution < 1.29 is 13.9 Å². The predicted octanol–water partition coefficient (Wildman–Crippen LogP) is 2.29. The molecule has 0 fully saturated rings. The topological polar surface area (TPSA) is 64.4 Å². The van der Waals surface area contributed by atoms with Crippen LogP contribution < -0.4 is 15.8 Å². The Morgan fingerprint density at radius 1 is 1.44 bits per heavy atom. The molecule has 0 saturated carbocycles. The third-order valence-corrected chi connectivity index (χ3v) is 3.12. The number of anilines is 1. The molecule has 0 spiro atoms. The van der Waals surface area contributed by atoms with Gasteiger partial charge in [-0.05, 0) is 25.0 Å². The molecule has 1 amide bonds. The molecule has 1 aromatic carbocycles. The molecule has 0 atom stereocenters. The SMILES string of the molecule is CCC(N)(CC)C(=O)Nc1ccc(OC)c(F)c1. The van der Waals surface area contributed by atoms with Crippen molar-refractivity contribution in [2.24, 2.45) is 5.73 Å². The minimum atomic E-state index is -0.920. The smallest absolute Gasteiger partial charge is 0.244 e. The molecule has 0 saturated heterocycles. The molecule has 0 bridgehead atoms. The fourth-order valence-electron chi connectivity index (χ4n) is 1.57. The minimum Gasteiger partial charge on any atom is -0.494 e. The second-order valence-electron chi connectivity index (χ2n) is 4.17. The summed E-state index contributed by atoms with van der Waals surface area (Å²) in [4.78, 5) is 12.0. The number of carbonyl (C=O) groups is 1. The number of rotatable bonds is 5. The number of nitrogens with two attached hydrogens (primary N) is 1. The van der Waals surface area contributed by atoms with Gasteiger partial charge in [-0.2, -0.15) is 0 Å². The van der Waals surface area contributed by atoms with Crippen LogP contribution in [0.25, 0.3) is 0 Å². The molecule has 1 rings (SSSR count). The molecule has 0 aliphatic heterocycles. The highest BCUT2D eigenvalue weighted by molar-refractivity contribution is 5.97. The van der Waals surface area contributed by atoms with Crippen LogP contribution in [-0.4, -0.2) is 18.6 Å². The Morgan fingerprint density at radius 3 is 2.50 bits per heavy atom. The summed E-state index contributed by atoms with van der Waals surface area (Å²) in [7, 11) is 1.38. The van der Waals surface area contributed by atoms with Gasteiger partial charge in [0, 0.05) is 11.8 Å². The van der Waals surface area contributed by atoms with Crippen LogP contribution >= 0.6 is 0 Å². The zero-order valence-corrected chi connectivity index (χ0v) is 10.9. The van der Waals surface area contributed by atoms with Crippen LogP contribution in [0.15, 0.2) is 18.2 Å². The van der Waals surface area contributed by atoms with E-state index in [1.807, 2.05) is 13.8 Å². The summed E-state index contributed by atoms with van der Waals surface area (Å²) in [5, 5.41) is 2.62. The van der Waals surface area contributed by atoms with E-state index in [1.54, 1.807) is 6.07 Å². The molecule has 0 heterocycles. The highest BCUT2D eigenvalue weighted by atomic mass is 19.1. The van der Waals surface area contributed by atoms with Crippen molar-refractivity contribution in [2.75, 3.05) is 12.4 Å². The van der Waals surface area contributed by atoms with Crippen molar-refractivity contribution in [3.8, 4) is 5.75 Å². The van der Waals surface area contributed by atoms with E-state index in [2.05, 4.69) is 5.32 Å². The first-order valence-electron chi connectivity index (χ1n) is 5.90. The van der Waals surface area contributed by atoms with E-state index in [9.17, 15) is 9.18 Å². The molecule has 18 heavy (non-hydrogen) atoms. The van der Waals surface area contributed by atoms with Crippen molar-refractivity contribution in [2.45, 2.75) is 32.2 Å². The molecule has 0 unspecified atom stereocenters. The third-order valence-electron chi connectivity index (χ3n) is 3.12. The van der Waals surface area contributed by atoms with E-state index in [0.29, 0.717) is 18.5 Å². The van der Waals surface area contributed by atoms with Gasteiger partial charge in [0.05, 0.1) is 12.6 Å². The van der Waals surface area contributed by atoms with E-state index in [0.717, 1.165) is 0 Å². The Kier molecular flexibility index (Phi) is 4.67. The van der Waals surface area contributed by atoms with Gasteiger partial charge in [0.2, 0.25) is 5.91 Å². The summed E-state index contributed by atoms with van der Waals surface area (Å²) < 4.78 is 18.3. The van der Waals surface area contributed by atoms with Gasteiger partial charge in [-0.3, -0.25) is 4.79 Å². The van der Waals surface area contributed by atoms with Gasteiger partial charge >= 0.3 is 0 Å². The molecule has 3 N–H and O–H groups in total. The first-order valence-corrected chi connectivity index (χ1v) is 5.90. The standard InChI is InChI=1S/C13H19FN2O2/c1-4-13(15,5-2)12(17)16-9-6-7-11(18-3)10(14)8-9/h6-8H,4-5,15H2,1-3H3,(H,16,17). The van der Waals surface area contributed by atoms with E-state index in [1.165, 1.54) is 19.2 Å². The van der Waals surface area contributed by atoms with E-state index >= 15 is 0 Å². The fourth-order valence-corrected chi connectivity index (χ4v) is 1.57. The number of hydrogen-bond acceptors (Lipinski definition) is 3. The van der Waals surface area contributed by atoms with Gasteiger partial charge in [0.25, 0.3) is 0 Å². The third kappa shape index (κ3) is 2.98. The summed E-state index contributed by atoms with van der Waals surface area (Å²) in [6.45, 7) is 3.69. The number of amides is 1. The van der Waals surface area contributed by atoms with Gasteiger partial charge in [-0.1, -0.05) is 13.8 Å². The van der Waals surface area contributed by atoms with Crippen molar-refractivity contribution in [3.05, 3.63) is 24.0 Å². The first kappa shape index (κ1) is 14.4. The van der Waals surface area contributed by atoms with Gasteiger partial charge in [0.15, 0.2) is 11.6 Å². The average Bonchev–Trinajstić information content (AvgIpc) is 2.38. The lowest BCUT2D eigenvalue weighted by Gasteiger charge is -2.25. The molecule has 4 nitrogen and oxygen atoms in total. The molecular formula is C13H19FN2O2. The van der Waals surface area contributed by atoms with Crippen molar-refractivity contribution in [3.63, 3.8) is 0 Å². The maximum absolute atomic E-state index is 13.5. The highest BCUT2D eigenvalue weighted by Crippen LogP contribution is 2.22. The normalized spacial score (nSPS) is 11.2. The van der Waals surface area contributed by atoms with Gasteiger partial charge in [-0.25, -0.2) is 4.39 Å². The molecule has 0 aliphatic carbocycles. The Bertz CT molecular complexity index is 431. The predicted molar refractivity (Wildman–Crippen MR) is 69.1 cm³/mol. The fraction of sp³-hybridized carbons (Fsp3) is 0.462. The summed E-state index contributed by atoms with van der Waals surface area (Å²) in [6.07, 6.45) is 1.04. The number of nitrogens with one attached hydrogen (secondary N) is 1. The van der Waals surface area contributed by atoms with E-state index < -0.39 is 11.4 Å². The number of halogens is 1. The summed E-state index contributed by atoms with van der Waals surface area (Å²) in [6, 6.07) is 4.25. The van der Waals surface area contributed by atoms with Crippen LogP contribution in [0.5, 0.6) is 5.75 Å². The Balaban J connectivity index is 2.85. The van der Waals surface area contributed by atoms with E-state index in [4.69, 9.17) is 10.5 Å². The van der Waals surface area contributed by atoms with Crippen molar-refractivity contribution >= 4 is 11.6 Å². The Hall–Kier alpha value is -1.62. The summed E-state index contributed by atoms with van der Waals surface area (Å²) in [5.41, 5.74) is 5.40. The van der Waals surface area contributed by atoms with Crippen molar-refractivity contribution in [1.82, 2.24) is 0 Å². The van der Waals surface area contributed by atoms with Crippen LogP contribution in [0, 0.1) is 5.82 Å². The largest absolute Gasteiger partial charge is 0.494 e. The lowest BCUT2D eigenvalue weighted by atomic mass is 9.93. The molecular weight excluding hydrogens is 235 g/mol. The maximum Gasteiger partial charge on any atom is 0.244 e. The molecule has 0 radical (unpaired) electrons. The number of hydrogen-bond donors (Lipinski definition) is 2. The van der Waals surface area contributed by atoms with E-state index in [-0.39, 0.29) is 11.7 Å². The second kappa shape index (κ2) is 5.82. The average molecular weight is 254 g/mol. The zero-order chi connectivity index (χ0) is 13.8. The molecule has 0 aromatic heterocycles. The Morgan fingerprint density at radius 2 is 2.06 bits per heavy atom. The number of ether oxygens (including phenoxy) is 1. The molecule has 5 heteroatoms. The van der Waals surface area contributed by atoms with Crippen molar-refractivity contribution in [1.29, 1.82) is 0 Å². The van der Waals surface area contributed by atoms with Crippen LogP contribution in [0.4, 0.5) is 10.1 Å². The van der Waals surface area contributed by atoms with Gasteiger partial charge < -0.3 is 15.8 Å². The second-order valence-corrected chi connectivity index (χ2v) is 4.17. The van der Waals surface area contributed by atoms with Crippen LogP contribution in [0.3, 0.4) is 0 Å². The lowest BCUT2D eigenvalue weighted by molar-refractivity contribution is -0.121. The van der Waals surface area contributed by atoms with Crippen LogP contribution in [0.2, 0.25) is 0 Å². The summed E-state index contributed by atoms with van der Waals surface area (Å²) >= 11 is 0. The van der Waals surface area contributed by atoms with Crippen LogP contribution in [0.1, 0.15) is 26.7 Å². The number of carbonyl (C=O) groups excluding carboxylic acids is 1. The molecule has 100 valence electrons. The maximum atomic E-state index is 13.5. The quantitative estimate of drug-likeness (QED) is 0.847. The first-order chi connectivity index (χ1) is 8.46.